The van der Waals surface area contributed by atoms with Gasteiger partial charge in [-0.2, -0.15) is 0 Å². The van der Waals surface area contributed by atoms with Gasteiger partial charge in [-0.25, -0.2) is 17.9 Å². The molecule has 0 saturated heterocycles. The fourth-order valence-corrected chi connectivity index (χ4v) is 3.49. The summed E-state index contributed by atoms with van der Waals surface area (Å²) < 4.78 is 26.7. The second-order valence-electron chi connectivity index (χ2n) is 5.57. The maximum absolute atomic E-state index is 12.2. The molecule has 2 aromatic rings. The number of nitrogens with one attached hydrogen (secondary N) is 2. The summed E-state index contributed by atoms with van der Waals surface area (Å²) in [5.74, 6) is -1.17. The van der Waals surface area contributed by atoms with Crippen molar-refractivity contribution in [1.82, 2.24) is 4.72 Å². The number of rotatable bonds is 9. The van der Waals surface area contributed by atoms with Crippen molar-refractivity contribution in [2.75, 3.05) is 18.4 Å². The Morgan fingerprint density at radius 3 is 2.44 bits per heavy atom. The predicted molar refractivity (Wildman–Crippen MR) is 97.5 cm³/mol. The first kappa shape index (κ1) is 19.0. The molecule has 0 unspecified atom stereocenters. The molecule has 0 aliphatic rings. The van der Waals surface area contributed by atoms with Crippen molar-refractivity contribution in [3.63, 3.8) is 0 Å². The molecule has 0 bridgehead atoms. The lowest BCUT2D eigenvalue weighted by atomic mass is 10.1. The van der Waals surface area contributed by atoms with Crippen LogP contribution in [0.1, 0.15) is 29.3 Å². The molecule has 0 fully saturated rings. The van der Waals surface area contributed by atoms with E-state index in [0.717, 1.165) is 12.0 Å². The molecule has 0 saturated carbocycles. The van der Waals surface area contributed by atoms with Crippen LogP contribution in [0.25, 0.3) is 0 Å². The minimum Gasteiger partial charge on any atom is -0.478 e. The SMILES string of the molecule is CCCNS(=O)(=O)c1ccc(NCCc2ccccc2)c(C(=O)O)c1. The maximum Gasteiger partial charge on any atom is 0.337 e. The Kier molecular flexibility index (Phi) is 6.55. The van der Waals surface area contributed by atoms with Gasteiger partial charge in [-0.05, 0) is 36.6 Å². The van der Waals surface area contributed by atoms with E-state index >= 15 is 0 Å². The minimum atomic E-state index is -3.70. The minimum absolute atomic E-state index is 0.0491. The van der Waals surface area contributed by atoms with Gasteiger partial charge in [-0.1, -0.05) is 37.3 Å². The highest BCUT2D eigenvalue weighted by Crippen LogP contribution is 2.21. The second-order valence-corrected chi connectivity index (χ2v) is 7.34. The first-order chi connectivity index (χ1) is 11.9. The molecule has 0 radical (unpaired) electrons. The number of carboxylic acid groups (broad SMARTS) is 1. The largest absolute Gasteiger partial charge is 0.478 e. The lowest BCUT2D eigenvalue weighted by Crippen LogP contribution is -2.24. The number of hydrogen-bond acceptors (Lipinski definition) is 4. The van der Waals surface area contributed by atoms with Gasteiger partial charge in [0.1, 0.15) is 0 Å². The molecule has 0 aromatic heterocycles. The zero-order chi connectivity index (χ0) is 18.3. The number of hydrogen-bond donors (Lipinski definition) is 3. The van der Waals surface area contributed by atoms with Crippen LogP contribution < -0.4 is 10.0 Å². The van der Waals surface area contributed by atoms with Crippen LogP contribution in [0.5, 0.6) is 0 Å². The van der Waals surface area contributed by atoms with Crippen LogP contribution in [0, 0.1) is 0 Å². The molecular weight excluding hydrogens is 340 g/mol. The standard InChI is InChI=1S/C18H22N2O4S/c1-2-11-20-25(23,24)15-8-9-17(16(13-15)18(21)22)19-12-10-14-6-4-3-5-7-14/h3-9,13,19-20H,2,10-12H2,1H3,(H,21,22). The van der Waals surface area contributed by atoms with Gasteiger partial charge in [0.25, 0.3) is 0 Å². The Morgan fingerprint density at radius 1 is 1.08 bits per heavy atom. The third-order valence-electron chi connectivity index (χ3n) is 3.65. The smallest absolute Gasteiger partial charge is 0.337 e. The van der Waals surface area contributed by atoms with Crippen LogP contribution in [-0.2, 0) is 16.4 Å². The Bertz CT molecular complexity index is 820. The van der Waals surface area contributed by atoms with E-state index in [9.17, 15) is 18.3 Å². The first-order valence-corrected chi connectivity index (χ1v) is 9.57. The zero-order valence-corrected chi connectivity index (χ0v) is 14.8. The third-order valence-corrected chi connectivity index (χ3v) is 5.10. The van der Waals surface area contributed by atoms with Crippen LogP contribution >= 0.6 is 0 Å². The third kappa shape index (κ3) is 5.30. The van der Waals surface area contributed by atoms with Crippen molar-refractivity contribution >= 4 is 21.7 Å². The Hall–Kier alpha value is -2.38. The molecule has 0 atom stereocenters. The number of anilines is 1. The molecule has 0 heterocycles. The number of aromatic carboxylic acids is 1. The molecule has 0 aliphatic carbocycles. The molecule has 3 N–H and O–H groups in total. The van der Waals surface area contributed by atoms with E-state index in [2.05, 4.69) is 10.0 Å². The van der Waals surface area contributed by atoms with Gasteiger partial charge >= 0.3 is 5.97 Å². The molecular formula is C18H22N2O4S. The van der Waals surface area contributed by atoms with Gasteiger partial charge in [0, 0.05) is 18.8 Å². The molecule has 2 aromatic carbocycles. The summed E-state index contributed by atoms with van der Waals surface area (Å²) in [6, 6.07) is 13.9. The van der Waals surface area contributed by atoms with Crippen molar-refractivity contribution in [3.05, 3.63) is 59.7 Å². The quantitative estimate of drug-likeness (QED) is 0.637. The Balaban J connectivity index is 2.14. The van der Waals surface area contributed by atoms with Crippen LogP contribution in [0.15, 0.2) is 53.4 Å². The summed E-state index contributed by atoms with van der Waals surface area (Å²) in [6.07, 6.45) is 1.39. The van der Waals surface area contributed by atoms with Crippen molar-refractivity contribution in [2.24, 2.45) is 0 Å². The average Bonchev–Trinajstić information content (AvgIpc) is 2.61. The van der Waals surface area contributed by atoms with Gasteiger partial charge < -0.3 is 10.4 Å². The van der Waals surface area contributed by atoms with Crippen LogP contribution in [-0.4, -0.2) is 32.6 Å². The van der Waals surface area contributed by atoms with E-state index in [1.54, 1.807) is 0 Å². The van der Waals surface area contributed by atoms with Crippen molar-refractivity contribution in [3.8, 4) is 0 Å². The predicted octanol–water partition coefficient (Wildman–Crippen LogP) is 2.73. The van der Waals surface area contributed by atoms with Crippen LogP contribution in [0.4, 0.5) is 5.69 Å². The topological polar surface area (TPSA) is 95.5 Å². The van der Waals surface area contributed by atoms with Gasteiger partial charge in [0.2, 0.25) is 10.0 Å². The summed E-state index contributed by atoms with van der Waals surface area (Å²) in [7, 11) is -3.70. The number of benzene rings is 2. The van der Waals surface area contributed by atoms with E-state index in [4.69, 9.17) is 0 Å². The number of carbonyl (C=O) groups is 1. The lowest BCUT2D eigenvalue weighted by molar-refractivity contribution is 0.0697. The molecule has 0 amide bonds. The van der Waals surface area contributed by atoms with Crippen LogP contribution in [0.2, 0.25) is 0 Å². The molecule has 2 rings (SSSR count). The number of sulfonamides is 1. The molecule has 7 heteroatoms. The van der Waals surface area contributed by atoms with Crippen LogP contribution in [0.3, 0.4) is 0 Å². The van der Waals surface area contributed by atoms with E-state index in [0.29, 0.717) is 25.2 Å². The normalized spacial score (nSPS) is 11.2. The van der Waals surface area contributed by atoms with E-state index < -0.39 is 16.0 Å². The highest BCUT2D eigenvalue weighted by atomic mass is 32.2. The van der Waals surface area contributed by atoms with E-state index in [1.807, 2.05) is 37.3 Å². The summed E-state index contributed by atoms with van der Waals surface area (Å²) in [5.41, 5.74) is 1.47. The fraction of sp³-hybridized carbons (Fsp3) is 0.278. The highest BCUT2D eigenvalue weighted by molar-refractivity contribution is 7.89. The first-order valence-electron chi connectivity index (χ1n) is 8.09. The van der Waals surface area contributed by atoms with Gasteiger partial charge in [-0.15, -0.1) is 0 Å². The monoisotopic (exact) mass is 362 g/mol. The highest BCUT2D eigenvalue weighted by Gasteiger charge is 2.18. The molecule has 25 heavy (non-hydrogen) atoms. The Morgan fingerprint density at radius 2 is 1.80 bits per heavy atom. The summed E-state index contributed by atoms with van der Waals surface area (Å²) in [4.78, 5) is 11.4. The van der Waals surface area contributed by atoms with Crippen molar-refractivity contribution in [2.45, 2.75) is 24.7 Å². The van der Waals surface area contributed by atoms with Gasteiger partial charge in [-0.3, -0.25) is 0 Å². The zero-order valence-electron chi connectivity index (χ0n) is 14.0. The fourth-order valence-electron chi connectivity index (χ4n) is 2.33. The molecule has 134 valence electrons. The maximum atomic E-state index is 12.2. The summed E-state index contributed by atoms with van der Waals surface area (Å²) in [6.45, 7) is 2.71. The number of carboxylic acids is 1. The molecule has 6 nitrogen and oxygen atoms in total. The van der Waals surface area contributed by atoms with Gasteiger partial charge in [0.05, 0.1) is 10.5 Å². The van der Waals surface area contributed by atoms with Crippen molar-refractivity contribution < 1.29 is 18.3 Å². The van der Waals surface area contributed by atoms with E-state index in [1.165, 1.54) is 18.2 Å². The van der Waals surface area contributed by atoms with Crippen molar-refractivity contribution in [1.29, 1.82) is 0 Å². The summed E-state index contributed by atoms with van der Waals surface area (Å²) in [5, 5.41) is 12.5. The average molecular weight is 362 g/mol. The molecule has 0 aliphatic heterocycles. The Labute approximate surface area is 147 Å². The second kappa shape index (κ2) is 8.64. The van der Waals surface area contributed by atoms with Gasteiger partial charge in [0.15, 0.2) is 0 Å². The lowest BCUT2D eigenvalue weighted by Gasteiger charge is -2.12. The van der Waals surface area contributed by atoms with E-state index in [-0.39, 0.29) is 10.5 Å². The summed E-state index contributed by atoms with van der Waals surface area (Å²) >= 11 is 0. The molecule has 0 spiro atoms.